The van der Waals surface area contributed by atoms with Crippen LogP contribution in [0.5, 0.6) is 17.2 Å². The molecule has 2 amide bonds. The largest absolute Gasteiger partial charge is 0.508 e. The van der Waals surface area contributed by atoms with Gasteiger partial charge in [0.15, 0.2) is 5.96 Å². The Kier molecular flexibility index (Phi) is 13.7. The number of nitrogens with one attached hydrogen (secondary N) is 2. The van der Waals surface area contributed by atoms with E-state index in [1.165, 1.54) is 0 Å². The molecule has 0 saturated heterocycles. The molecule has 3 aromatic carbocycles. The predicted molar refractivity (Wildman–Crippen MR) is 178 cm³/mol. The summed E-state index contributed by atoms with van der Waals surface area (Å²) in [7, 11) is 0. The van der Waals surface area contributed by atoms with Crippen LogP contribution in [-0.2, 0) is 16.0 Å². The van der Waals surface area contributed by atoms with Crippen molar-refractivity contribution in [2.75, 3.05) is 13.1 Å². The number of hydrogen-bond acceptors (Lipinski definition) is 7. The minimum atomic E-state index is -0.916. The van der Waals surface area contributed by atoms with Crippen molar-refractivity contribution in [3.05, 3.63) is 89.0 Å². The zero-order valence-electron chi connectivity index (χ0n) is 26.2. The van der Waals surface area contributed by atoms with Crippen LogP contribution in [0.25, 0.3) is 0 Å². The van der Waals surface area contributed by atoms with Crippen LogP contribution in [0, 0.1) is 13.8 Å². The van der Waals surface area contributed by atoms with Gasteiger partial charge in [-0.1, -0.05) is 30.3 Å². The molecule has 0 spiro atoms. The van der Waals surface area contributed by atoms with Crippen molar-refractivity contribution in [3.63, 3.8) is 0 Å². The Morgan fingerprint density at radius 1 is 0.867 bits per heavy atom. The number of carbonyl (C=O) groups excluding carboxylic acids is 2. The summed E-state index contributed by atoms with van der Waals surface area (Å²) in [6, 6.07) is 18.3. The average molecular weight is 618 g/mol. The lowest BCUT2D eigenvalue weighted by Crippen LogP contribution is -2.53. The third kappa shape index (κ3) is 11.4. The number of guanidine groups is 1. The molecule has 0 bridgehead atoms. The Morgan fingerprint density at radius 3 is 2.13 bits per heavy atom. The molecule has 2 unspecified atom stereocenters. The second-order valence-electron chi connectivity index (χ2n) is 11.2. The lowest BCUT2D eigenvalue weighted by atomic mass is 9.94. The van der Waals surface area contributed by atoms with Gasteiger partial charge in [0.1, 0.15) is 23.3 Å². The molecule has 3 rings (SSSR count). The number of unbranched alkanes of at least 4 members (excludes halogenated alkanes) is 1. The van der Waals surface area contributed by atoms with Crippen molar-refractivity contribution >= 4 is 17.8 Å². The first-order valence-corrected chi connectivity index (χ1v) is 15.3. The summed E-state index contributed by atoms with van der Waals surface area (Å²) >= 11 is 0. The van der Waals surface area contributed by atoms with E-state index in [0.717, 1.165) is 40.8 Å². The van der Waals surface area contributed by atoms with E-state index < -0.39 is 18.0 Å². The maximum Gasteiger partial charge on any atom is 0.243 e. The van der Waals surface area contributed by atoms with E-state index in [1.807, 2.05) is 68.4 Å². The summed E-state index contributed by atoms with van der Waals surface area (Å²) in [5.41, 5.74) is 26.1. The zero-order valence-corrected chi connectivity index (χ0v) is 26.2. The molecule has 11 N–H and O–H groups in total. The van der Waals surface area contributed by atoms with Crippen molar-refractivity contribution in [1.29, 1.82) is 0 Å². The first kappa shape index (κ1) is 34.9. The summed E-state index contributed by atoms with van der Waals surface area (Å²) in [5, 5.41) is 16.1. The van der Waals surface area contributed by atoms with Crippen LogP contribution in [0.4, 0.5) is 0 Å². The maximum absolute atomic E-state index is 13.9. The number of rotatable bonds is 17. The summed E-state index contributed by atoms with van der Waals surface area (Å²) in [6.07, 6.45) is 3.33. The molecule has 242 valence electrons. The van der Waals surface area contributed by atoms with Crippen LogP contribution in [0.2, 0.25) is 0 Å². The van der Waals surface area contributed by atoms with Crippen molar-refractivity contribution in [2.45, 2.75) is 70.5 Å². The molecule has 0 aliphatic rings. The molecule has 0 radical (unpaired) electrons. The van der Waals surface area contributed by atoms with E-state index in [1.54, 1.807) is 12.1 Å². The highest BCUT2D eigenvalue weighted by Crippen LogP contribution is 2.26. The standard InChI is InChI=1S/C34H47N7O4/c1-22-19-25(42)20-23(2)28(22)21-31(41-32(43)29(36)11-8-18-39-34(37)38)33(44)40-30(12-6-7-17-35)24-13-15-27(16-14-24)45-26-9-4-3-5-10-26/h3-5,9-10,13-16,19-20,29-31,42H,6-8,11-12,17-18,21,35-36H2,1-2H3,(H,40,44)(H,41,43)(H4,37,38,39)/t29?,30-,31?/m0/s1. The van der Waals surface area contributed by atoms with Gasteiger partial charge in [0.2, 0.25) is 11.8 Å². The highest BCUT2D eigenvalue weighted by molar-refractivity contribution is 5.90. The van der Waals surface area contributed by atoms with E-state index in [4.69, 9.17) is 27.7 Å². The molecule has 11 nitrogen and oxygen atoms in total. The minimum absolute atomic E-state index is 0.0243. The Balaban J connectivity index is 1.81. The van der Waals surface area contributed by atoms with Gasteiger partial charge in [-0.25, -0.2) is 0 Å². The third-order valence-corrected chi connectivity index (χ3v) is 7.55. The Labute approximate surface area is 265 Å². The molecule has 0 heterocycles. The Hall–Kier alpha value is -4.61. The molecular weight excluding hydrogens is 570 g/mol. The molecule has 0 aromatic heterocycles. The lowest BCUT2D eigenvalue weighted by Gasteiger charge is -2.26. The number of nitrogens with zero attached hydrogens (tertiary/aromatic N) is 1. The van der Waals surface area contributed by atoms with E-state index >= 15 is 0 Å². The number of phenols is 1. The smallest absolute Gasteiger partial charge is 0.243 e. The van der Waals surface area contributed by atoms with Crippen LogP contribution in [0.3, 0.4) is 0 Å². The minimum Gasteiger partial charge on any atom is -0.508 e. The number of aryl methyl sites for hydroxylation is 2. The fourth-order valence-corrected chi connectivity index (χ4v) is 5.12. The van der Waals surface area contributed by atoms with Gasteiger partial charge >= 0.3 is 0 Å². The van der Waals surface area contributed by atoms with Crippen molar-refractivity contribution in [2.24, 2.45) is 27.9 Å². The first-order chi connectivity index (χ1) is 21.6. The second kappa shape index (κ2) is 17.6. The van der Waals surface area contributed by atoms with Gasteiger partial charge in [0.05, 0.1) is 12.1 Å². The SMILES string of the molecule is Cc1cc(O)cc(C)c1CC(NC(=O)C(N)CCCN=C(N)N)C(=O)N[C@@H](CCCCN)c1ccc(Oc2ccccc2)cc1. The van der Waals surface area contributed by atoms with E-state index in [-0.39, 0.29) is 30.1 Å². The summed E-state index contributed by atoms with van der Waals surface area (Å²) in [5.74, 6) is 0.728. The Bertz CT molecular complexity index is 1390. The molecule has 0 aliphatic heterocycles. The van der Waals surface area contributed by atoms with Crippen LogP contribution in [0.15, 0.2) is 71.7 Å². The molecule has 0 aliphatic carbocycles. The quantitative estimate of drug-likeness (QED) is 0.0679. The topological polar surface area (TPSA) is 204 Å². The average Bonchev–Trinajstić information content (AvgIpc) is 3.00. The van der Waals surface area contributed by atoms with Crippen LogP contribution < -0.4 is 38.3 Å². The number of para-hydroxylation sites is 1. The van der Waals surface area contributed by atoms with E-state index in [2.05, 4.69) is 15.6 Å². The predicted octanol–water partition coefficient (Wildman–Crippen LogP) is 3.20. The summed E-state index contributed by atoms with van der Waals surface area (Å²) in [4.78, 5) is 31.1. The van der Waals surface area contributed by atoms with Gasteiger partial charge in [-0.2, -0.15) is 0 Å². The maximum atomic E-state index is 13.9. The normalized spacial score (nSPS) is 12.9. The first-order valence-electron chi connectivity index (χ1n) is 15.3. The van der Waals surface area contributed by atoms with Crippen molar-refractivity contribution < 1.29 is 19.4 Å². The lowest BCUT2D eigenvalue weighted by molar-refractivity contribution is -0.130. The third-order valence-electron chi connectivity index (χ3n) is 7.55. The van der Waals surface area contributed by atoms with Gasteiger partial charge in [-0.15, -0.1) is 0 Å². The fourth-order valence-electron chi connectivity index (χ4n) is 5.12. The van der Waals surface area contributed by atoms with Crippen molar-refractivity contribution in [1.82, 2.24) is 10.6 Å². The van der Waals surface area contributed by atoms with Gasteiger partial charge in [-0.3, -0.25) is 14.6 Å². The number of aliphatic imine (C=N–C) groups is 1. The zero-order chi connectivity index (χ0) is 32.8. The molecule has 0 fully saturated rings. The summed E-state index contributed by atoms with van der Waals surface area (Å²) < 4.78 is 5.94. The van der Waals surface area contributed by atoms with Gasteiger partial charge in [0.25, 0.3) is 0 Å². The van der Waals surface area contributed by atoms with E-state index in [9.17, 15) is 14.7 Å². The molecule has 3 aromatic rings. The van der Waals surface area contributed by atoms with Crippen LogP contribution >= 0.6 is 0 Å². The number of phenolic OH excluding ortho intramolecular Hbond substituents is 1. The molecule has 11 heteroatoms. The second-order valence-corrected chi connectivity index (χ2v) is 11.2. The van der Waals surface area contributed by atoms with Gasteiger partial charge in [0, 0.05) is 13.0 Å². The van der Waals surface area contributed by atoms with Crippen molar-refractivity contribution in [3.8, 4) is 17.2 Å². The highest BCUT2D eigenvalue weighted by atomic mass is 16.5. The van der Waals surface area contributed by atoms with Gasteiger partial charge in [-0.05, 0) is 111 Å². The summed E-state index contributed by atoms with van der Waals surface area (Å²) in [6.45, 7) is 4.62. The molecule has 45 heavy (non-hydrogen) atoms. The number of hydrogen-bond donors (Lipinski definition) is 7. The number of aromatic hydroxyl groups is 1. The van der Waals surface area contributed by atoms with Gasteiger partial charge < -0.3 is 43.4 Å². The molecule has 3 atom stereocenters. The number of amides is 2. The fraction of sp³-hybridized carbons (Fsp3) is 0.382. The monoisotopic (exact) mass is 617 g/mol. The number of benzene rings is 3. The number of carbonyl (C=O) groups is 2. The van der Waals surface area contributed by atoms with Crippen LogP contribution in [-0.4, -0.2) is 48.1 Å². The number of ether oxygens (including phenoxy) is 1. The van der Waals surface area contributed by atoms with E-state index in [0.29, 0.717) is 38.1 Å². The Morgan fingerprint density at radius 2 is 1.51 bits per heavy atom. The van der Waals surface area contributed by atoms with Crippen LogP contribution in [0.1, 0.15) is 60.4 Å². The molecule has 0 saturated carbocycles. The highest BCUT2D eigenvalue weighted by Gasteiger charge is 2.27. The molecular formula is C34H47N7O4. The number of nitrogens with two attached hydrogens (primary N) is 4.